The van der Waals surface area contributed by atoms with Gasteiger partial charge in [0.1, 0.15) is 0 Å². The Kier molecular flexibility index (Phi) is 5.05. The average molecular weight is 315 g/mol. The summed E-state index contributed by atoms with van der Waals surface area (Å²) in [6.45, 7) is 0. The molecule has 1 aliphatic carbocycles. The summed E-state index contributed by atoms with van der Waals surface area (Å²) < 4.78 is 0. The molecule has 4 N–H and O–H groups in total. The van der Waals surface area contributed by atoms with Crippen LogP contribution in [0.25, 0.3) is 0 Å². The number of halogens is 1. The van der Waals surface area contributed by atoms with Crippen LogP contribution < -0.4 is 11.1 Å². The fourth-order valence-corrected chi connectivity index (χ4v) is 3.89. The summed E-state index contributed by atoms with van der Waals surface area (Å²) in [5.74, 6) is -1.02. The van der Waals surface area contributed by atoms with Crippen LogP contribution >= 0.6 is 23.4 Å². The molecule has 20 heavy (non-hydrogen) atoms. The number of nitrogens with two attached hydrogens (primary N) is 1. The first kappa shape index (κ1) is 15.3. The van der Waals surface area contributed by atoms with Crippen molar-refractivity contribution in [2.75, 3.05) is 17.3 Å². The van der Waals surface area contributed by atoms with Gasteiger partial charge in [-0.05, 0) is 31.2 Å². The summed E-state index contributed by atoms with van der Waals surface area (Å²) in [6.07, 6.45) is 6.65. The summed E-state index contributed by atoms with van der Waals surface area (Å²) in [7, 11) is 0. The van der Waals surface area contributed by atoms with Gasteiger partial charge in [-0.2, -0.15) is 11.8 Å². The van der Waals surface area contributed by atoms with Crippen molar-refractivity contribution >= 4 is 40.7 Å². The zero-order valence-corrected chi connectivity index (χ0v) is 12.9. The van der Waals surface area contributed by atoms with Gasteiger partial charge in [0.2, 0.25) is 0 Å². The minimum atomic E-state index is -1.02. The predicted octanol–water partition coefficient (Wildman–Crippen LogP) is 3.71. The van der Waals surface area contributed by atoms with Crippen LogP contribution in [0.5, 0.6) is 0 Å². The highest BCUT2D eigenvalue weighted by Gasteiger charge is 2.26. The number of anilines is 2. The van der Waals surface area contributed by atoms with Crippen LogP contribution in [0, 0.1) is 0 Å². The van der Waals surface area contributed by atoms with E-state index in [4.69, 9.17) is 17.3 Å². The second-order valence-corrected chi connectivity index (χ2v) is 6.52. The molecule has 1 aliphatic rings. The largest absolute Gasteiger partial charge is 0.478 e. The number of thioether (sulfide) groups is 1. The second-order valence-electron chi connectivity index (χ2n) is 5.04. The Morgan fingerprint density at radius 1 is 1.45 bits per heavy atom. The molecular formula is C14H19ClN2O2S. The monoisotopic (exact) mass is 314 g/mol. The number of carboxylic acids is 1. The molecule has 0 spiro atoms. The molecule has 0 heterocycles. The van der Waals surface area contributed by atoms with Crippen LogP contribution in [0.15, 0.2) is 12.1 Å². The maximum absolute atomic E-state index is 11.4. The molecule has 0 bridgehead atoms. The molecule has 0 saturated heterocycles. The number of hydrogen-bond donors (Lipinski definition) is 3. The number of benzene rings is 1. The third kappa shape index (κ3) is 3.33. The molecule has 1 fully saturated rings. The second kappa shape index (κ2) is 6.59. The predicted molar refractivity (Wildman–Crippen MR) is 86.0 cm³/mol. The standard InChI is InChI=1S/C14H19ClN2O2S/c1-20-12-5-3-2-4-11(12)17-13-9(14(18)19)6-8(16)7-10(13)15/h6-7,11-12,17H,2-5,16H2,1H3,(H,18,19). The van der Waals surface area contributed by atoms with Gasteiger partial charge in [0, 0.05) is 17.0 Å². The zero-order chi connectivity index (χ0) is 14.7. The Morgan fingerprint density at radius 3 is 2.80 bits per heavy atom. The SMILES string of the molecule is CSC1CCCCC1Nc1c(Cl)cc(N)cc1C(=O)O. The Balaban J connectivity index is 2.30. The van der Waals surface area contributed by atoms with E-state index in [0.717, 1.165) is 19.3 Å². The van der Waals surface area contributed by atoms with Crippen LogP contribution in [0.2, 0.25) is 5.02 Å². The third-order valence-electron chi connectivity index (χ3n) is 3.68. The smallest absolute Gasteiger partial charge is 0.337 e. The molecule has 2 rings (SSSR count). The first-order valence-corrected chi connectivity index (χ1v) is 8.31. The summed E-state index contributed by atoms with van der Waals surface area (Å²) in [5.41, 5.74) is 6.66. The molecule has 6 heteroatoms. The van der Waals surface area contributed by atoms with Crippen LogP contribution in [0.3, 0.4) is 0 Å². The van der Waals surface area contributed by atoms with E-state index in [0.29, 0.717) is 21.6 Å². The Labute approximate surface area is 128 Å². The quantitative estimate of drug-likeness (QED) is 0.739. The molecule has 2 unspecified atom stereocenters. The number of hydrogen-bond acceptors (Lipinski definition) is 4. The molecule has 0 aromatic heterocycles. The summed E-state index contributed by atoms with van der Waals surface area (Å²) in [5, 5.41) is 13.5. The van der Waals surface area contributed by atoms with E-state index in [1.54, 1.807) is 6.07 Å². The molecule has 0 amide bonds. The molecule has 110 valence electrons. The van der Waals surface area contributed by atoms with Crippen molar-refractivity contribution in [1.82, 2.24) is 0 Å². The summed E-state index contributed by atoms with van der Waals surface area (Å²) in [4.78, 5) is 11.4. The average Bonchev–Trinajstić information content (AvgIpc) is 2.41. The Bertz CT molecular complexity index is 510. The van der Waals surface area contributed by atoms with Gasteiger partial charge in [0.15, 0.2) is 0 Å². The van der Waals surface area contributed by atoms with Crippen molar-refractivity contribution in [2.24, 2.45) is 0 Å². The topological polar surface area (TPSA) is 75.3 Å². The van der Waals surface area contributed by atoms with E-state index >= 15 is 0 Å². The van der Waals surface area contributed by atoms with E-state index in [2.05, 4.69) is 11.6 Å². The lowest BCUT2D eigenvalue weighted by molar-refractivity contribution is 0.0698. The van der Waals surface area contributed by atoms with Crippen molar-refractivity contribution in [1.29, 1.82) is 0 Å². The van der Waals surface area contributed by atoms with Crippen molar-refractivity contribution in [2.45, 2.75) is 37.0 Å². The van der Waals surface area contributed by atoms with Crippen molar-refractivity contribution in [3.63, 3.8) is 0 Å². The van der Waals surface area contributed by atoms with Gasteiger partial charge in [-0.25, -0.2) is 4.79 Å². The molecule has 2 atom stereocenters. The first-order chi connectivity index (χ1) is 9.52. The third-order valence-corrected chi connectivity index (χ3v) is 5.15. The lowest BCUT2D eigenvalue weighted by Gasteiger charge is -2.32. The molecule has 1 aromatic carbocycles. The van der Waals surface area contributed by atoms with Gasteiger partial charge in [-0.3, -0.25) is 0 Å². The van der Waals surface area contributed by atoms with E-state index in [1.807, 2.05) is 11.8 Å². The van der Waals surface area contributed by atoms with Crippen LogP contribution in [0.4, 0.5) is 11.4 Å². The van der Waals surface area contributed by atoms with E-state index in [-0.39, 0.29) is 11.6 Å². The maximum Gasteiger partial charge on any atom is 0.337 e. The molecule has 1 aromatic rings. The van der Waals surface area contributed by atoms with Gasteiger partial charge in [0.25, 0.3) is 0 Å². The number of nitrogens with one attached hydrogen (secondary N) is 1. The highest BCUT2D eigenvalue weighted by atomic mass is 35.5. The fourth-order valence-electron chi connectivity index (χ4n) is 2.67. The molecule has 4 nitrogen and oxygen atoms in total. The zero-order valence-electron chi connectivity index (χ0n) is 11.4. The van der Waals surface area contributed by atoms with E-state index in [9.17, 15) is 9.90 Å². The number of aromatic carboxylic acids is 1. The van der Waals surface area contributed by atoms with Gasteiger partial charge >= 0.3 is 5.97 Å². The summed E-state index contributed by atoms with van der Waals surface area (Å²) >= 11 is 7.99. The normalized spacial score (nSPS) is 22.5. The van der Waals surface area contributed by atoms with Crippen LogP contribution in [0.1, 0.15) is 36.0 Å². The van der Waals surface area contributed by atoms with Crippen molar-refractivity contribution in [3.05, 3.63) is 22.7 Å². The number of nitrogen functional groups attached to an aromatic ring is 1. The minimum absolute atomic E-state index is 0.139. The molecule has 0 radical (unpaired) electrons. The lowest BCUT2D eigenvalue weighted by Crippen LogP contribution is -2.34. The van der Waals surface area contributed by atoms with Gasteiger partial charge in [0.05, 0.1) is 16.3 Å². The van der Waals surface area contributed by atoms with Gasteiger partial charge < -0.3 is 16.2 Å². The lowest BCUT2D eigenvalue weighted by atomic mass is 9.94. The van der Waals surface area contributed by atoms with Crippen molar-refractivity contribution < 1.29 is 9.90 Å². The van der Waals surface area contributed by atoms with E-state index in [1.165, 1.54) is 12.5 Å². The van der Waals surface area contributed by atoms with E-state index < -0.39 is 5.97 Å². The Morgan fingerprint density at radius 2 is 2.15 bits per heavy atom. The van der Waals surface area contributed by atoms with Crippen LogP contribution in [-0.4, -0.2) is 28.6 Å². The van der Waals surface area contributed by atoms with Gasteiger partial charge in [-0.15, -0.1) is 0 Å². The molecular weight excluding hydrogens is 296 g/mol. The number of carboxylic acid groups (broad SMARTS) is 1. The highest BCUT2D eigenvalue weighted by molar-refractivity contribution is 7.99. The Hall–Kier alpha value is -1.07. The number of rotatable bonds is 4. The van der Waals surface area contributed by atoms with Crippen LogP contribution in [-0.2, 0) is 0 Å². The van der Waals surface area contributed by atoms with Gasteiger partial charge in [-0.1, -0.05) is 24.4 Å². The maximum atomic E-state index is 11.4. The molecule has 0 aliphatic heterocycles. The minimum Gasteiger partial charge on any atom is -0.478 e. The summed E-state index contributed by atoms with van der Waals surface area (Å²) in [6, 6.07) is 3.29. The number of carbonyl (C=O) groups is 1. The van der Waals surface area contributed by atoms with Crippen molar-refractivity contribution in [3.8, 4) is 0 Å². The fraction of sp³-hybridized carbons (Fsp3) is 0.500. The first-order valence-electron chi connectivity index (χ1n) is 6.64. The molecule has 1 saturated carbocycles. The highest BCUT2D eigenvalue weighted by Crippen LogP contribution is 2.34.